The Morgan fingerprint density at radius 1 is 1.10 bits per heavy atom. The van der Waals surface area contributed by atoms with Crippen molar-refractivity contribution in [2.24, 2.45) is 4.99 Å². The number of benzene rings is 2. The number of aromatic nitrogens is 1. The summed E-state index contributed by atoms with van der Waals surface area (Å²) in [7, 11) is 1.70. The Kier molecular flexibility index (Phi) is 7.28. The van der Waals surface area contributed by atoms with Gasteiger partial charge in [0.1, 0.15) is 17.7 Å². The van der Waals surface area contributed by atoms with Gasteiger partial charge in [0, 0.05) is 24.6 Å². The maximum atomic E-state index is 5.59. The molecule has 152 valence electrons. The third kappa shape index (κ3) is 5.60. The molecule has 3 rings (SSSR count). The average Bonchev–Trinajstić information content (AvgIpc) is 3.25. The summed E-state index contributed by atoms with van der Waals surface area (Å²) >= 11 is 0. The number of hydrogen-bond donors (Lipinski definition) is 2. The van der Waals surface area contributed by atoms with Crippen LogP contribution in [0.3, 0.4) is 0 Å². The normalized spacial score (nSPS) is 12.4. The first-order valence-corrected chi connectivity index (χ1v) is 9.86. The number of guanidine groups is 1. The zero-order chi connectivity index (χ0) is 20.5. The first-order chi connectivity index (χ1) is 14.2. The molecule has 0 fully saturated rings. The number of para-hydroxylation sites is 1. The molecule has 0 spiro atoms. The fourth-order valence-corrected chi connectivity index (χ4v) is 3.03. The van der Waals surface area contributed by atoms with Gasteiger partial charge in [-0.05, 0) is 30.7 Å². The highest BCUT2D eigenvalue weighted by Gasteiger charge is 2.12. The Labute approximate surface area is 172 Å². The second kappa shape index (κ2) is 10.3. The minimum Gasteiger partial charge on any atom is -0.496 e. The molecule has 1 heterocycles. The molecule has 3 aromatic rings. The van der Waals surface area contributed by atoms with Crippen LogP contribution in [0.25, 0.3) is 11.5 Å². The predicted molar refractivity (Wildman–Crippen MR) is 116 cm³/mol. The van der Waals surface area contributed by atoms with E-state index in [9.17, 15) is 0 Å². The average molecular weight is 393 g/mol. The summed E-state index contributed by atoms with van der Waals surface area (Å²) < 4.78 is 11.1. The molecule has 29 heavy (non-hydrogen) atoms. The summed E-state index contributed by atoms with van der Waals surface area (Å²) in [6.45, 7) is 6.17. The maximum Gasteiger partial charge on any atom is 0.226 e. The summed E-state index contributed by atoms with van der Waals surface area (Å²) in [5, 5.41) is 6.68. The zero-order valence-corrected chi connectivity index (χ0v) is 17.2. The smallest absolute Gasteiger partial charge is 0.226 e. The van der Waals surface area contributed by atoms with Crippen molar-refractivity contribution in [3.8, 4) is 17.2 Å². The molecular weight excluding hydrogens is 364 g/mol. The Morgan fingerprint density at radius 3 is 2.62 bits per heavy atom. The molecule has 0 bridgehead atoms. The molecule has 6 nitrogen and oxygen atoms in total. The molecule has 0 radical (unpaired) electrons. The van der Waals surface area contributed by atoms with E-state index in [-0.39, 0.29) is 5.92 Å². The van der Waals surface area contributed by atoms with E-state index in [1.54, 1.807) is 13.4 Å². The highest BCUT2D eigenvalue weighted by Crippen LogP contribution is 2.25. The standard InChI is InChI=1S/C23H28N4O2/c1-4-24-23(25-14-17(2)20-12-8-9-13-21(20)28-3)26-15-19-16-29-22(27-19)18-10-6-5-7-11-18/h5-13,16-17H,4,14-15H2,1-3H3,(H2,24,25,26). The minimum atomic E-state index is 0.270. The molecular formula is C23H28N4O2. The van der Waals surface area contributed by atoms with E-state index in [2.05, 4.69) is 33.6 Å². The molecule has 1 atom stereocenters. The molecule has 0 saturated heterocycles. The molecule has 6 heteroatoms. The van der Waals surface area contributed by atoms with Crippen molar-refractivity contribution < 1.29 is 9.15 Å². The third-order valence-electron chi connectivity index (χ3n) is 4.56. The van der Waals surface area contributed by atoms with Crippen molar-refractivity contribution in [3.63, 3.8) is 0 Å². The maximum absolute atomic E-state index is 5.59. The summed E-state index contributed by atoms with van der Waals surface area (Å²) in [6.07, 6.45) is 1.66. The van der Waals surface area contributed by atoms with Gasteiger partial charge < -0.3 is 19.8 Å². The lowest BCUT2D eigenvalue weighted by molar-refractivity contribution is 0.406. The molecule has 0 saturated carbocycles. The number of nitrogens with one attached hydrogen (secondary N) is 2. The lowest BCUT2D eigenvalue weighted by Crippen LogP contribution is -2.39. The molecule has 0 aliphatic rings. The summed E-state index contributed by atoms with van der Waals surface area (Å²) in [6, 6.07) is 17.9. The number of methoxy groups -OCH3 is 1. The third-order valence-corrected chi connectivity index (χ3v) is 4.56. The SMILES string of the molecule is CCNC(=NCc1coc(-c2ccccc2)n1)NCC(C)c1ccccc1OC. The summed E-state index contributed by atoms with van der Waals surface area (Å²) in [4.78, 5) is 9.17. The Morgan fingerprint density at radius 2 is 1.86 bits per heavy atom. The van der Waals surface area contributed by atoms with Gasteiger partial charge in [0.25, 0.3) is 0 Å². The first kappa shape index (κ1) is 20.5. The topological polar surface area (TPSA) is 71.7 Å². The van der Waals surface area contributed by atoms with Crippen LogP contribution in [0.1, 0.15) is 31.0 Å². The largest absolute Gasteiger partial charge is 0.496 e. The van der Waals surface area contributed by atoms with Crippen molar-refractivity contribution >= 4 is 5.96 Å². The highest BCUT2D eigenvalue weighted by atomic mass is 16.5. The molecule has 1 aromatic heterocycles. The van der Waals surface area contributed by atoms with Crippen LogP contribution < -0.4 is 15.4 Å². The lowest BCUT2D eigenvalue weighted by Gasteiger charge is -2.18. The van der Waals surface area contributed by atoms with Crippen LogP contribution in [0, 0.1) is 0 Å². The van der Waals surface area contributed by atoms with Crippen LogP contribution in [0.5, 0.6) is 5.75 Å². The molecule has 1 unspecified atom stereocenters. The van der Waals surface area contributed by atoms with Gasteiger partial charge in [-0.15, -0.1) is 0 Å². The number of oxazole rings is 1. The molecule has 0 amide bonds. The number of hydrogen-bond acceptors (Lipinski definition) is 4. The van der Waals surface area contributed by atoms with Crippen LogP contribution >= 0.6 is 0 Å². The summed E-state index contributed by atoms with van der Waals surface area (Å²) in [5.41, 5.74) is 2.92. The second-order valence-electron chi connectivity index (χ2n) is 6.73. The van der Waals surface area contributed by atoms with E-state index in [1.807, 2.05) is 55.5 Å². The molecule has 2 N–H and O–H groups in total. The van der Waals surface area contributed by atoms with Crippen molar-refractivity contribution in [2.45, 2.75) is 26.3 Å². The zero-order valence-electron chi connectivity index (χ0n) is 17.2. The van der Waals surface area contributed by atoms with Gasteiger partial charge in [0.2, 0.25) is 5.89 Å². The number of ether oxygens (including phenoxy) is 1. The fraction of sp³-hybridized carbons (Fsp3) is 0.304. The Bertz CT molecular complexity index is 921. The Balaban J connectivity index is 1.62. The number of rotatable bonds is 8. The lowest BCUT2D eigenvalue weighted by atomic mass is 10.0. The van der Waals surface area contributed by atoms with E-state index in [0.717, 1.165) is 36.1 Å². The van der Waals surface area contributed by atoms with E-state index in [4.69, 9.17) is 9.15 Å². The van der Waals surface area contributed by atoms with Crippen LogP contribution in [0.15, 0.2) is 70.3 Å². The van der Waals surface area contributed by atoms with Crippen molar-refractivity contribution in [2.75, 3.05) is 20.2 Å². The molecule has 2 aromatic carbocycles. The van der Waals surface area contributed by atoms with Crippen molar-refractivity contribution in [1.82, 2.24) is 15.6 Å². The van der Waals surface area contributed by atoms with Gasteiger partial charge in [0.15, 0.2) is 5.96 Å². The van der Waals surface area contributed by atoms with E-state index >= 15 is 0 Å². The van der Waals surface area contributed by atoms with Gasteiger partial charge in [-0.3, -0.25) is 0 Å². The number of aliphatic imine (C=N–C) groups is 1. The van der Waals surface area contributed by atoms with Crippen molar-refractivity contribution in [1.29, 1.82) is 0 Å². The van der Waals surface area contributed by atoms with Crippen LogP contribution in [-0.4, -0.2) is 31.1 Å². The first-order valence-electron chi connectivity index (χ1n) is 9.86. The minimum absolute atomic E-state index is 0.270. The molecule has 0 aliphatic heterocycles. The van der Waals surface area contributed by atoms with E-state index in [0.29, 0.717) is 12.4 Å². The predicted octanol–water partition coefficient (Wildman–Crippen LogP) is 4.21. The van der Waals surface area contributed by atoms with Gasteiger partial charge >= 0.3 is 0 Å². The van der Waals surface area contributed by atoms with Gasteiger partial charge in [0.05, 0.1) is 13.7 Å². The van der Waals surface area contributed by atoms with E-state index in [1.165, 1.54) is 5.56 Å². The molecule has 0 aliphatic carbocycles. The van der Waals surface area contributed by atoms with Gasteiger partial charge in [-0.1, -0.05) is 43.3 Å². The fourth-order valence-electron chi connectivity index (χ4n) is 3.03. The summed E-state index contributed by atoms with van der Waals surface area (Å²) in [5.74, 6) is 2.53. The van der Waals surface area contributed by atoms with Crippen LogP contribution in [0.4, 0.5) is 0 Å². The van der Waals surface area contributed by atoms with Gasteiger partial charge in [-0.25, -0.2) is 9.98 Å². The quantitative estimate of drug-likeness (QED) is 0.444. The van der Waals surface area contributed by atoms with E-state index < -0.39 is 0 Å². The number of nitrogens with zero attached hydrogens (tertiary/aromatic N) is 2. The monoisotopic (exact) mass is 392 g/mol. The Hall–Kier alpha value is -3.28. The van der Waals surface area contributed by atoms with Crippen molar-refractivity contribution in [3.05, 3.63) is 72.1 Å². The highest BCUT2D eigenvalue weighted by molar-refractivity contribution is 5.79. The van der Waals surface area contributed by atoms with Crippen LogP contribution in [0.2, 0.25) is 0 Å². The second-order valence-corrected chi connectivity index (χ2v) is 6.73. The van der Waals surface area contributed by atoms with Crippen LogP contribution in [-0.2, 0) is 6.54 Å². The van der Waals surface area contributed by atoms with Gasteiger partial charge in [-0.2, -0.15) is 0 Å².